The monoisotopic (exact) mass is 323 g/mol. The maximum atomic E-state index is 11.5. The molecule has 0 aromatic rings. The number of sulfonamides is 1. The van der Waals surface area contributed by atoms with Crippen LogP contribution in [0.25, 0.3) is 0 Å². The molecule has 0 saturated heterocycles. The second-order valence-corrected chi connectivity index (χ2v) is 7.02. The average Bonchev–Trinajstić information content (AvgIpc) is 2.25. The van der Waals surface area contributed by atoms with Gasteiger partial charge >= 0.3 is 12.0 Å². The Morgan fingerprint density at radius 3 is 2.19 bits per heavy atom. The lowest BCUT2D eigenvalue weighted by Crippen LogP contribution is -2.42. The molecule has 0 spiro atoms. The number of carbonyl (C=O) groups excluding carboxylic acids is 2. The summed E-state index contributed by atoms with van der Waals surface area (Å²) in [4.78, 5) is 33.6. The normalized spacial score (nSPS) is 11.8. The van der Waals surface area contributed by atoms with Gasteiger partial charge in [0, 0.05) is 19.5 Å². The van der Waals surface area contributed by atoms with Gasteiger partial charge in [-0.1, -0.05) is 0 Å². The van der Waals surface area contributed by atoms with Gasteiger partial charge in [0.05, 0.1) is 11.7 Å². The largest absolute Gasteiger partial charge is 0.481 e. The highest BCUT2D eigenvalue weighted by Gasteiger charge is 2.30. The van der Waals surface area contributed by atoms with E-state index in [1.165, 1.54) is 13.8 Å². The first kappa shape index (κ1) is 19.3. The molecule has 10 heteroatoms. The van der Waals surface area contributed by atoms with Gasteiger partial charge in [-0.15, -0.1) is 0 Å². The highest BCUT2D eigenvalue weighted by atomic mass is 32.2. The van der Waals surface area contributed by atoms with Crippen LogP contribution >= 0.6 is 0 Å². The van der Waals surface area contributed by atoms with Gasteiger partial charge in [-0.25, -0.2) is 17.9 Å². The third-order valence-electron chi connectivity index (χ3n) is 2.44. The Hall–Kier alpha value is -1.68. The van der Waals surface area contributed by atoms with Gasteiger partial charge in [-0.3, -0.25) is 14.9 Å². The fraction of sp³-hybridized carbons (Fsp3) is 0.727. The van der Waals surface area contributed by atoms with Crippen LogP contribution in [0, 0.1) is 5.41 Å². The minimum atomic E-state index is -3.26. The second-order valence-electron chi connectivity index (χ2n) is 5.19. The number of hydrogen-bond donors (Lipinski definition) is 4. The maximum absolute atomic E-state index is 11.5. The van der Waals surface area contributed by atoms with Crippen molar-refractivity contribution < 1.29 is 27.9 Å². The molecule has 4 N–H and O–H groups in total. The van der Waals surface area contributed by atoms with E-state index in [1.54, 1.807) is 0 Å². The number of carboxylic acid groups (broad SMARTS) is 1. The molecule has 3 amide bonds. The molecule has 122 valence electrons. The predicted molar refractivity (Wildman–Crippen MR) is 75.0 cm³/mol. The summed E-state index contributed by atoms with van der Waals surface area (Å²) < 4.78 is 23.8. The van der Waals surface area contributed by atoms with Crippen LogP contribution < -0.4 is 15.4 Å². The molecular weight excluding hydrogens is 302 g/mol. The number of imide groups is 1. The van der Waals surface area contributed by atoms with Crippen molar-refractivity contribution in [3.05, 3.63) is 0 Å². The van der Waals surface area contributed by atoms with E-state index >= 15 is 0 Å². The molecule has 9 nitrogen and oxygen atoms in total. The zero-order valence-electron chi connectivity index (χ0n) is 12.2. The molecule has 0 aromatic heterocycles. The molecular formula is C11H21N3O6S. The Morgan fingerprint density at radius 1 is 1.14 bits per heavy atom. The third-order valence-corrected chi connectivity index (χ3v) is 3.17. The maximum Gasteiger partial charge on any atom is 0.321 e. The summed E-state index contributed by atoms with van der Waals surface area (Å²) in [6, 6.07) is -0.749. The van der Waals surface area contributed by atoms with Gasteiger partial charge < -0.3 is 10.4 Å². The van der Waals surface area contributed by atoms with Crippen LogP contribution in [0.2, 0.25) is 0 Å². The summed E-state index contributed by atoms with van der Waals surface area (Å²) in [5.41, 5.74) is -1.26. The van der Waals surface area contributed by atoms with Crippen molar-refractivity contribution in [2.75, 3.05) is 19.3 Å². The van der Waals surface area contributed by atoms with E-state index in [0.717, 1.165) is 6.26 Å². The first-order chi connectivity index (χ1) is 9.44. The van der Waals surface area contributed by atoms with E-state index in [9.17, 15) is 22.8 Å². The molecule has 0 aliphatic rings. The van der Waals surface area contributed by atoms with Crippen LogP contribution in [-0.2, 0) is 19.6 Å². The van der Waals surface area contributed by atoms with Crippen LogP contribution in [0.1, 0.15) is 26.7 Å². The summed E-state index contributed by atoms with van der Waals surface area (Å²) in [6.45, 7) is 3.09. The summed E-state index contributed by atoms with van der Waals surface area (Å²) >= 11 is 0. The molecule has 0 aromatic carbocycles. The van der Waals surface area contributed by atoms with Crippen LogP contribution in [0.3, 0.4) is 0 Å². The van der Waals surface area contributed by atoms with E-state index in [0.29, 0.717) is 6.42 Å². The van der Waals surface area contributed by atoms with Gasteiger partial charge in [0.1, 0.15) is 0 Å². The number of amides is 3. The fourth-order valence-corrected chi connectivity index (χ4v) is 1.76. The summed E-state index contributed by atoms with van der Waals surface area (Å²) in [7, 11) is -3.26. The minimum Gasteiger partial charge on any atom is -0.481 e. The SMILES string of the molecule is CC(C)(CC(=O)NC(=O)NCCCNS(C)(=O)=O)C(=O)O. The molecule has 21 heavy (non-hydrogen) atoms. The highest BCUT2D eigenvalue weighted by molar-refractivity contribution is 7.88. The van der Waals surface area contributed by atoms with Crippen LogP contribution in [-0.4, -0.2) is 50.8 Å². The van der Waals surface area contributed by atoms with Crippen molar-refractivity contribution >= 4 is 27.9 Å². The molecule has 0 heterocycles. The number of urea groups is 1. The summed E-state index contributed by atoms with van der Waals surface area (Å²) in [5, 5.41) is 13.2. The van der Waals surface area contributed by atoms with Gasteiger partial charge in [-0.2, -0.15) is 0 Å². The van der Waals surface area contributed by atoms with Crippen molar-refractivity contribution in [1.29, 1.82) is 0 Å². The number of aliphatic carboxylic acids is 1. The average molecular weight is 323 g/mol. The first-order valence-corrected chi connectivity index (χ1v) is 8.09. The molecule has 0 aliphatic heterocycles. The van der Waals surface area contributed by atoms with Crippen molar-refractivity contribution in [3.63, 3.8) is 0 Å². The lowest BCUT2D eigenvalue weighted by Gasteiger charge is -2.17. The van der Waals surface area contributed by atoms with Gasteiger partial charge in [-0.05, 0) is 20.3 Å². The molecule has 0 rings (SSSR count). The van der Waals surface area contributed by atoms with Gasteiger partial charge in [0.25, 0.3) is 0 Å². The second kappa shape index (κ2) is 7.93. The topological polar surface area (TPSA) is 142 Å². The first-order valence-electron chi connectivity index (χ1n) is 6.20. The lowest BCUT2D eigenvalue weighted by molar-refractivity contribution is -0.149. The van der Waals surface area contributed by atoms with Crippen molar-refractivity contribution in [3.8, 4) is 0 Å². The Balaban J connectivity index is 3.95. The lowest BCUT2D eigenvalue weighted by atomic mass is 9.89. The number of nitrogens with one attached hydrogen (secondary N) is 3. The fourth-order valence-electron chi connectivity index (χ4n) is 1.24. The number of hydrogen-bond acceptors (Lipinski definition) is 5. The quantitative estimate of drug-likeness (QED) is 0.433. The smallest absolute Gasteiger partial charge is 0.321 e. The highest BCUT2D eigenvalue weighted by Crippen LogP contribution is 2.19. The van der Waals surface area contributed by atoms with Crippen molar-refractivity contribution in [2.24, 2.45) is 5.41 Å². The van der Waals surface area contributed by atoms with E-state index in [2.05, 4.69) is 10.0 Å². The molecule has 0 bridgehead atoms. The molecule has 0 fully saturated rings. The van der Waals surface area contributed by atoms with Crippen LogP contribution in [0.15, 0.2) is 0 Å². The van der Waals surface area contributed by atoms with Crippen molar-refractivity contribution in [2.45, 2.75) is 26.7 Å². The Bertz CT molecular complexity index is 500. The summed E-state index contributed by atoms with van der Waals surface area (Å²) in [6.07, 6.45) is 1.05. The Morgan fingerprint density at radius 2 is 1.71 bits per heavy atom. The van der Waals surface area contributed by atoms with Gasteiger partial charge in [0.15, 0.2) is 0 Å². The van der Waals surface area contributed by atoms with Crippen molar-refractivity contribution in [1.82, 2.24) is 15.4 Å². The minimum absolute atomic E-state index is 0.166. The number of rotatable bonds is 8. The number of carboxylic acids is 1. The number of carbonyl (C=O) groups is 3. The van der Waals surface area contributed by atoms with Gasteiger partial charge in [0.2, 0.25) is 15.9 Å². The molecule has 0 saturated carbocycles. The van der Waals surface area contributed by atoms with E-state index in [1.807, 2.05) is 5.32 Å². The predicted octanol–water partition coefficient (Wildman–Crippen LogP) is -0.748. The molecule has 0 unspecified atom stereocenters. The van der Waals surface area contributed by atoms with E-state index in [-0.39, 0.29) is 19.5 Å². The standard InChI is InChI=1S/C11H21N3O6S/c1-11(2,9(16)17)7-8(15)14-10(18)12-5-4-6-13-21(3,19)20/h13H,4-7H2,1-3H3,(H,16,17)(H2,12,14,15,18). The van der Waals surface area contributed by atoms with Crippen LogP contribution in [0.4, 0.5) is 4.79 Å². The Kier molecular flexibility index (Phi) is 7.30. The zero-order chi connectivity index (χ0) is 16.7. The summed E-state index contributed by atoms with van der Waals surface area (Å²) in [5.74, 6) is -1.83. The Labute approximate surface area is 123 Å². The molecule has 0 atom stereocenters. The molecule has 0 aliphatic carbocycles. The zero-order valence-corrected chi connectivity index (χ0v) is 13.0. The molecule has 0 radical (unpaired) electrons. The van der Waals surface area contributed by atoms with Crippen LogP contribution in [0.5, 0.6) is 0 Å². The third kappa shape index (κ3) is 9.79. The van der Waals surface area contributed by atoms with E-state index in [4.69, 9.17) is 5.11 Å². The van der Waals surface area contributed by atoms with E-state index < -0.39 is 33.3 Å².